The fourth-order valence-corrected chi connectivity index (χ4v) is 6.83. The van der Waals surface area contributed by atoms with Crippen LogP contribution in [0.15, 0.2) is 18.2 Å². The fourth-order valence-electron chi connectivity index (χ4n) is 6.60. The van der Waals surface area contributed by atoms with Gasteiger partial charge in [0.1, 0.15) is 5.75 Å². The van der Waals surface area contributed by atoms with E-state index < -0.39 is 0 Å². The highest BCUT2D eigenvalue weighted by atomic mass is 32.1. The first kappa shape index (κ1) is 23.0. The number of amides is 2. The van der Waals surface area contributed by atoms with Crippen LogP contribution in [0.5, 0.6) is 5.75 Å². The Labute approximate surface area is 196 Å². The number of methoxy groups -OCH3 is 1. The van der Waals surface area contributed by atoms with Gasteiger partial charge in [0.15, 0.2) is 5.11 Å². The molecule has 4 fully saturated rings. The quantitative estimate of drug-likeness (QED) is 0.465. The zero-order valence-corrected chi connectivity index (χ0v) is 20.0. The van der Waals surface area contributed by atoms with Gasteiger partial charge in [0.25, 0.3) is 0 Å². The Morgan fingerprint density at radius 2 is 1.72 bits per heavy atom. The number of benzene rings is 1. The van der Waals surface area contributed by atoms with Crippen molar-refractivity contribution in [3.63, 3.8) is 0 Å². The third-order valence-electron chi connectivity index (χ3n) is 7.44. The summed E-state index contributed by atoms with van der Waals surface area (Å²) in [6.07, 6.45) is 10.6. The lowest BCUT2D eigenvalue weighted by molar-refractivity contribution is -0.128. The Bertz CT molecular complexity index is 850. The van der Waals surface area contributed by atoms with Gasteiger partial charge in [0.05, 0.1) is 12.8 Å². The van der Waals surface area contributed by atoms with Crippen LogP contribution in [0.4, 0.5) is 11.4 Å². The second kappa shape index (κ2) is 9.77. The molecule has 4 aliphatic carbocycles. The zero-order chi connectivity index (χ0) is 22.7. The van der Waals surface area contributed by atoms with E-state index in [1.165, 1.54) is 38.5 Å². The highest BCUT2D eigenvalue weighted by Crippen LogP contribution is 2.61. The van der Waals surface area contributed by atoms with E-state index in [0.29, 0.717) is 35.1 Å². The summed E-state index contributed by atoms with van der Waals surface area (Å²) < 4.78 is 5.43. The van der Waals surface area contributed by atoms with Gasteiger partial charge in [-0.2, -0.15) is 0 Å². The maximum atomic E-state index is 12.8. The first-order chi connectivity index (χ1) is 15.4. The highest BCUT2D eigenvalue weighted by molar-refractivity contribution is 7.80. The summed E-state index contributed by atoms with van der Waals surface area (Å²) in [6, 6.07) is 5.37. The summed E-state index contributed by atoms with van der Waals surface area (Å²) in [4.78, 5) is 24.8. The molecule has 1 aromatic carbocycles. The van der Waals surface area contributed by atoms with E-state index >= 15 is 0 Å². The topological polar surface area (TPSA) is 79.5 Å². The van der Waals surface area contributed by atoms with Crippen molar-refractivity contribution in [1.29, 1.82) is 0 Å². The molecule has 0 radical (unpaired) electrons. The first-order valence-corrected chi connectivity index (χ1v) is 12.4. The molecule has 0 aromatic heterocycles. The molecule has 4 aliphatic rings. The predicted molar refractivity (Wildman–Crippen MR) is 131 cm³/mol. The molecule has 0 heterocycles. The minimum Gasteiger partial charge on any atom is -0.494 e. The number of carbonyl (C=O) groups excluding carboxylic acids is 2. The number of unbranched alkanes of at least 4 members (excludes halogenated alkanes) is 1. The minimum atomic E-state index is -0.0293. The van der Waals surface area contributed by atoms with Gasteiger partial charge in [-0.3, -0.25) is 9.59 Å². The van der Waals surface area contributed by atoms with E-state index in [2.05, 4.69) is 22.9 Å². The number of carbonyl (C=O) groups is 2. The fraction of sp³-hybridized carbons (Fsp3) is 0.640. The summed E-state index contributed by atoms with van der Waals surface area (Å²) in [6.45, 7) is 2.05. The molecular weight excluding hydrogens is 422 g/mol. The van der Waals surface area contributed by atoms with Gasteiger partial charge in [-0.1, -0.05) is 13.3 Å². The third kappa shape index (κ3) is 5.42. The van der Waals surface area contributed by atoms with Gasteiger partial charge in [-0.15, -0.1) is 0 Å². The van der Waals surface area contributed by atoms with Gasteiger partial charge in [-0.25, -0.2) is 0 Å². The smallest absolute Gasteiger partial charge is 0.226 e. The van der Waals surface area contributed by atoms with Crippen molar-refractivity contribution >= 4 is 40.5 Å². The molecule has 5 rings (SSSR count). The summed E-state index contributed by atoms with van der Waals surface area (Å²) >= 11 is 5.40. The third-order valence-corrected chi connectivity index (χ3v) is 7.65. The largest absolute Gasteiger partial charge is 0.494 e. The molecule has 3 N–H and O–H groups in total. The molecule has 2 amide bonds. The SMILES string of the molecule is CCCCC(=O)Nc1ccc(NC(=S)NC(=O)CC23CC4CC(CC(C4)C2)C3)cc1OC. The van der Waals surface area contributed by atoms with Gasteiger partial charge in [-0.05, 0) is 92.5 Å². The first-order valence-electron chi connectivity index (χ1n) is 12.0. The van der Waals surface area contributed by atoms with Gasteiger partial charge in [0, 0.05) is 24.6 Å². The summed E-state index contributed by atoms with van der Waals surface area (Å²) in [5.74, 6) is 3.00. The summed E-state index contributed by atoms with van der Waals surface area (Å²) in [5, 5.41) is 9.14. The van der Waals surface area contributed by atoms with Crippen molar-refractivity contribution < 1.29 is 14.3 Å². The van der Waals surface area contributed by atoms with Gasteiger partial charge >= 0.3 is 0 Å². The molecule has 4 bridgehead atoms. The van der Waals surface area contributed by atoms with Crippen LogP contribution in [0.3, 0.4) is 0 Å². The number of hydrogen-bond donors (Lipinski definition) is 3. The van der Waals surface area contributed by atoms with E-state index in [9.17, 15) is 9.59 Å². The average Bonchev–Trinajstić information content (AvgIpc) is 2.71. The molecule has 1 aromatic rings. The van der Waals surface area contributed by atoms with Crippen LogP contribution in [0.25, 0.3) is 0 Å². The van der Waals surface area contributed by atoms with E-state index in [1.54, 1.807) is 19.2 Å². The van der Waals surface area contributed by atoms with Crippen molar-refractivity contribution in [1.82, 2.24) is 5.32 Å². The van der Waals surface area contributed by atoms with Crippen LogP contribution >= 0.6 is 12.2 Å². The molecule has 0 aliphatic heterocycles. The van der Waals surface area contributed by atoms with Crippen molar-refractivity contribution in [2.24, 2.45) is 23.2 Å². The van der Waals surface area contributed by atoms with Crippen LogP contribution in [0.2, 0.25) is 0 Å². The van der Waals surface area contributed by atoms with Crippen LogP contribution < -0.4 is 20.7 Å². The minimum absolute atomic E-state index is 0.0104. The number of hydrogen-bond acceptors (Lipinski definition) is 4. The van der Waals surface area contributed by atoms with Crippen LogP contribution in [0, 0.1) is 23.2 Å². The van der Waals surface area contributed by atoms with Crippen molar-refractivity contribution in [3.05, 3.63) is 18.2 Å². The van der Waals surface area contributed by atoms with Gasteiger partial charge < -0.3 is 20.7 Å². The van der Waals surface area contributed by atoms with Crippen LogP contribution in [-0.4, -0.2) is 24.0 Å². The average molecular weight is 458 g/mol. The monoisotopic (exact) mass is 457 g/mol. The molecule has 0 spiro atoms. The maximum Gasteiger partial charge on any atom is 0.226 e. The van der Waals surface area contributed by atoms with Gasteiger partial charge in [0.2, 0.25) is 11.8 Å². The molecular formula is C25H35N3O3S. The van der Waals surface area contributed by atoms with Crippen molar-refractivity contribution in [2.45, 2.75) is 71.1 Å². The standard InChI is InChI=1S/C25H35N3O3S/c1-3-4-5-22(29)27-20-7-6-19(11-21(20)31-2)26-24(32)28-23(30)15-25-12-16-8-17(13-25)10-18(9-16)14-25/h6-7,11,16-18H,3-5,8-10,12-15H2,1-2H3,(H,27,29)(H2,26,28,30,32). The van der Waals surface area contributed by atoms with Crippen LogP contribution in [-0.2, 0) is 9.59 Å². The normalized spacial score (nSPS) is 27.6. The van der Waals surface area contributed by atoms with E-state index in [-0.39, 0.29) is 17.2 Å². The molecule has 6 nitrogen and oxygen atoms in total. The molecule has 0 unspecified atom stereocenters. The Morgan fingerprint density at radius 1 is 1.06 bits per heavy atom. The zero-order valence-electron chi connectivity index (χ0n) is 19.2. The predicted octanol–water partition coefficient (Wildman–Crippen LogP) is 5.24. The molecule has 32 heavy (non-hydrogen) atoms. The number of nitrogens with one attached hydrogen (secondary N) is 3. The number of rotatable bonds is 8. The number of thiocarbonyl (C=S) groups is 1. The lowest BCUT2D eigenvalue weighted by Gasteiger charge is -2.56. The Balaban J connectivity index is 1.31. The molecule has 174 valence electrons. The number of anilines is 2. The van der Waals surface area contributed by atoms with Crippen molar-refractivity contribution in [2.75, 3.05) is 17.7 Å². The maximum absolute atomic E-state index is 12.8. The highest BCUT2D eigenvalue weighted by Gasteiger charge is 2.51. The lowest BCUT2D eigenvalue weighted by Crippen LogP contribution is -2.48. The Kier molecular flexibility index (Phi) is 7.03. The second-order valence-electron chi connectivity index (χ2n) is 10.2. The molecule has 7 heteroatoms. The van der Waals surface area contributed by atoms with Crippen molar-refractivity contribution in [3.8, 4) is 5.75 Å². The Morgan fingerprint density at radius 3 is 2.31 bits per heavy atom. The molecule has 4 saturated carbocycles. The number of ether oxygens (including phenoxy) is 1. The summed E-state index contributed by atoms with van der Waals surface area (Å²) in [5.41, 5.74) is 1.51. The second-order valence-corrected chi connectivity index (χ2v) is 10.6. The Hall–Kier alpha value is -2.15. The van der Waals surface area contributed by atoms with Crippen LogP contribution in [0.1, 0.15) is 71.1 Å². The summed E-state index contributed by atoms with van der Waals surface area (Å²) in [7, 11) is 1.56. The van der Waals surface area contributed by atoms with E-state index in [4.69, 9.17) is 17.0 Å². The van der Waals surface area contributed by atoms with E-state index in [1.807, 2.05) is 6.07 Å². The molecule has 0 saturated heterocycles. The molecule has 0 atom stereocenters. The van der Waals surface area contributed by atoms with E-state index in [0.717, 1.165) is 30.6 Å². The lowest BCUT2D eigenvalue weighted by atomic mass is 9.49.